The minimum atomic E-state index is -1.38. The van der Waals surface area contributed by atoms with E-state index in [-0.39, 0.29) is 68.6 Å². The highest BCUT2D eigenvalue weighted by Crippen LogP contribution is 2.36. The normalized spacial score (nSPS) is 10.3. The summed E-state index contributed by atoms with van der Waals surface area (Å²) in [6, 6.07) is 13.8. The molecule has 0 saturated heterocycles. The first kappa shape index (κ1) is 34.5. The first-order valence-electron chi connectivity index (χ1n) is 13.6. The van der Waals surface area contributed by atoms with E-state index >= 15 is 0 Å². The summed E-state index contributed by atoms with van der Waals surface area (Å²) >= 11 is 0. The van der Waals surface area contributed by atoms with Crippen molar-refractivity contribution in [3.63, 3.8) is 0 Å². The Morgan fingerprint density at radius 3 is 1.93 bits per heavy atom. The van der Waals surface area contributed by atoms with Crippen LogP contribution < -0.4 is 14.2 Å². The number of aromatic hydroxyl groups is 4. The van der Waals surface area contributed by atoms with Gasteiger partial charge in [0, 0.05) is 18.1 Å². The number of carbonyl (C=O) groups is 4. The quantitative estimate of drug-likeness (QED) is 0.0692. The Morgan fingerprint density at radius 2 is 1.39 bits per heavy atom. The van der Waals surface area contributed by atoms with Gasteiger partial charge in [-0.2, -0.15) is 0 Å². The number of aromatic carboxylic acids is 1. The van der Waals surface area contributed by atoms with Gasteiger partial charge < -0.3 is 39.7 Å². The fraction of sp³-hybridized carbons (Fsp3) is 0.176. The Hall–Kier alpha value is -6.04. The van der Waals surface area contributed by atoms with Gasteiger partial charge in [-0.25, -0.2) is 9.59 Å². The molecule has 0 amide bonds. The summed E-state index contributed by atoms with van der Waals surface area (Å²) in [7, 11) is 2.89. The third kappa shape index (κ3) is 7.53. The van der Waals surface area contributed by atoms with Gasteiger partial charge >= 0.3 is 11.9 Å². The number of hydrogen-bond acceptors (Lipinski definition) is 11. The molecule has 240 valence electrons. The number of phenolic OH excluding ortho intramolecular Hbond substituents is 3. The molecule has 4 aromatic carbocycles. The smallest absolute Gasteiger partial charge is 0.347 e. The second-order valence-electron chi connectivity index (χ2n) is 10.0. The van der Waals surface area contributed by atoms with Crippen LogP contribution in [0.3, 0.4) is 0 Å². The van der Waals surface area contributed by atoms with Crippen LogP contribution in [-0.2, 0) is 6.42 Å². The molecule has 0 unspecified atom stereocenters. The number of methoxy groups -OCH3 is 2. The summed E-state index contributed by atoms with van der Waals surface area (Å²) in [5.74, 6) is -3.14. The molecule has 12 heteroatoms. The largest absolute Gasteiger partial charge is 0.508 e. The molecule has 4 aromatic rings. The van der Waals surface area contributed by atoms with Crippen molar-refractivity contribution in [3.05, 3.63) is 99.1 Å². The number of ether oxygens (including phenoxy) is 3. The van der Waals surface area contributed by atoms with E-state index in [1.165, 1.54) is 52.1 Å². The molecule has 5 N–H and O–H groups in total. The Labute approximate surface area is 263 Å². The molecule has 0 aliphatic carbocycles. The van der Waals surface area contributed by atoms with Crippen LogP contribution >= 0.6 is 0 Å². The van der Waals surface area contributed by atoms with Crippen LogP contribution in [0, 0.1) is 20.8 Å². The number of benzene rings is 4. The number of phenols is 4. The number of aldehydes is 1. The molecule has 0 bridgehead atoms. The van der Waals surface area contributed by atoms with Crippen molar-refractivity contribution < 1.29 is 58.9 Å². The molecule has 0 fully saturated rings. The Balaban J connectivity index is 0.000000266. The van der Waals surface area contributed by atoms with E-state index in [1.54, 1.807) is 31.4 Å². The molecule has 46 heavy (non-hydrogen) atoms. The van der Waals surface area contributed by atoms with Crippen molar-refractivity contribution in [2.45, 2.75) is 27.2 Å². The van der Waals surface area contributed by atoms with E-state index in [4.69, 9.17) is 14.2 Å². The third-order valence-corrected chi connectivity index (χ3v) is 6.97. The minimum Gasteiger partial charge on any atom is -0.508 e. The number of Topliss-reactive ketones (excluding diaryl/α,β-unsaturated/α-hetero) is 1. The molecule has 0 saturated carbocycles. The van der Waals surface area contributed by atoms with E-state index in [9.17, 15) is 44.7 Å². The van der Waals surface area contributed by atoms with E-state index in [2.05, 4.69) is 0 Å². The molecule has 0 spiro atoms. The number of aryl methyl sites for hydroxylation is 2. The minimum absolute atomic E-state index is 0.0419. The molecule has 0 aromatic heterocycles. The average Bonchev–Trinajstić information content (AvgIpc) is 3.00. The van der Waals surface area contributed by atoms with E-state index < -0.39 is 23.4 Å². The Morgan fingerprint density at radius 1 is 0.761 bits per heavy atom. The summed E-state index contributed by atoms with van der Waals surface area (Å²) in [5.41, 5.74) is 0.727. The van der Waals surface area contributed by atoms with E-state index in [0.717, 1.165) is 17.4 Å². The number of carbonyl (C=O) groups excluding carboxylic acids is 3. The number of carboxylic acids is 1. The monoisotopic (exact) mass is 632 g/mol. The van der Waals surface area contributed by atoms with Crippen LogP contribution in [0.15, 0.2) is 54.6 Å². The highest BCUT2D eigenvalue weighted by Gasteiger charge is 2.26. The SMILES string of the molecule is COc1cc(C)c(C(=O)Oc2cc(C)c(O)c(C(=O)O)c2C)c(O)c1C=O.COc1ccc(CC(=O)c2ccc(O)cc2O)cc1. The lowest BCUT2D eigenvalue weighted by atomic mass is 10.0. The number of carboxylic acid groups (broad SMARTS) is 1. The topological polar surface area (TPSA) is 197 Å². The van der Waals surface area contributed by atoms with Crippen molar-refractivity contribution in [2.24, 2.45) is 0 Å². The van der Waals surface area contributed by atoms with Crippen LogP contribution in [0.4, 0.5) is 0 Å². The molecule has 0 heterocycles. The van der Waals surface area contributed by atoms with Gasteiger partial charge in [0.05, 0.1) is 25.3 Å². The number of ketones is 1. The first-order valence-corrected chi connectivity index (χ1v) is 13.6. The van der Waals surface area contributed by atoms with Crippen LogP contribution in [0.5, 0.6) is 40.2 Å². The van der Waals surface area contributed by atoms with Gasteiger partial charge in [0.2, 0.25) is 0 Å². The molecule has 0 radical (unpaired) electrons. The first-order chi connectivity index (χ1) is 21.7. The Kier molecular flexibility index (Phi) is 11.0. The summed E-state index contributed by atoms with van der Waals surface area (Å²) in [4.78, 5) is 47.2. The molecule has 0 aliphatic rings. The molecule has 0 atom stereocenters. The second kappa shape index (κ2) is 14.6. The maximum atomic E-state index is 12.6. The fourth-order valence-electron chi connectivity index (χ4n) is 4.49. The predicted octanol–water partition coefficient (Wildman–Crippen LogP) is 5.29. The molecule has 0 aliphatic heterocycles. The second-order valence-corrected chi connectivity index (χ2v) is 10.0. The predicted molar refractivity (Wildman–Crippen MR) is 165 cm³/mol. The zero-order valence-corrected chi connectivity index (χ0v) is 25.6. The number of esters is 1. The maximum Gasteiger partial charge on any atom is 0.347 e. The highest BCUT2D eigenvalue weighted by molar-refractivity contribution is 6.01. The molecular formula is C34H32O12. The Bertz CT molecular complexity index is 1810. The van der Waals surface area contributed by atoms with E-state index in [0.29, 0.717) is 11.8 Å². The van der Waals surface area contributed by atoms with Crippen LogP contribution in [-0.4, -0.2) is 63.8 Å². The van der Waals surface area contributed by atoms with Gasteiger partial charge in [-0.3, -0.25) is 9.59 Å². The van der Waals surface area contributed by atoms with Crippen molar-refractivity contribution in [2.75, 3.05) is 14.2 Å². The maximum absolute atomic E-state index is 12.6. The van der Waals surface area contributed by atoms with Crippen LogP contribution in [0.1, 0.15) is 63.7 Å². The molecule has 12 nitrogen and oxygen atoms in total. The lowest BCUT2D eigenvalue weighted by Gasteiger charge is -2.16. The van der Waals surface area contributed by atoms with Gasteiger partial charge in [-0.05, 0) is 73.9 Å². The molecular weight excluding hydrogens is 600 g/mol. The zero-order chi connectivity index (χ0) is 34.3. The van der Waals surface area contributed by atoms with Gasteiger partial charge in [-0.15, -0.1) is 0 Å². The van der Waals surface area contributed by atoms with Crippen LogP contribution in [0.2, 0.25) is 0 Å². The van der Waals surface area contributed by atoms with Gasteiger partial charge in [0.1, 0.15) is 51.4 Å². The summed E-state index contributed by atoms with van der Waals surface area (Å²) < 4.78 is 15.3. The van der Waals surface area contributed by atoms with Gasteiger partial charge in [0.25, 0.3) is 0 Å². The number of hydrogen-bond donors (Lipinski definition) is 5. The molecule has 4 rings (SSSR count). The van der Waals surface area contributed by atoms with Gasteiger partial charge in [0.15, 0.2) is 12.1 Å². The van der Waals surface area contributed by atoms with Crippen molar-refractivity contribution in [1.82, 2.24) is 0 Å². The van der Waals surface area contributed by atoms with Gasteiger partial charge in [-0.1, -0.05) is 12.1 Å². The van der Waals surface area contributed by atoms with Crippen molar-refractivity contribution in [1.29, 1.82) is 0 Å². The average molecular weight is 633 g/mol. The number of rotatable bonds is 9. The summed E-state index contributed by atoms with van der Waals surface area (Å²) in [6.07, 6.45) is 0.533. The summed E-state index contributed by atoms with van der Waals surface area (Å²) in [5, 5.41) is 48.3. The third-order valence-electron chi connectivity index (χ3n) is 6.97. The van der Waals surface area contributed by atoms with Crippen molar-refractivity contribution >= 4 is 24.0 Å². The highest BCUT2D eigenvalue weighted by atomic mass is 16.5. The summed E-state index contributed by atoms with van der Waals surface area (Å²) in [6.45, 7) is 4.35. The zero-order valence-electron chi connectivity index (χ0n) is 25.6. The fourth-order valence-corrected chi connectivity index (χ4v) is 4.49. The standard InChI is InChI=1S/C19H18O8.C15H14O4/c1-8-5-13(26-4)11(7-20)17(22)14(8)19(25)27-12-6-9(2)16(21)15(10(12)3)18(23)24;1-19-12-5-2-10(3-6-12)8-14(17)13-7-4-11(16)9-15(13)18/h5-7,21-22H,1-4H3,(H,23,24);2-7,9,16,18H,8H2,1H3. The van der Waals surface area contributed by atoms with Crippen LogP contribution in [0.25, 0.3) is 0 Å². The lowest BCUT2D eigenvalue weighted by molar-refractivity contribution is 0.0681. The van der Waals surface area contributed by atoms with Crippen molar-refractivity contribution in [3.8, 4) is 40.2 Å². The van der Waals surface area contributed by atoms with E-state index in [1.807, 2.05) is 0 Å². The lowest BCUT2D eigenvalue weighted by Crippen LogP contribution is -2.14.